The summed E-state index contributed by atoms with van der Waals surface area (Å²) in [4.78, 5) is 16.1. The third-order valence-electron chi connectivity index (χ3n) is 4.23. The summed E-state index contributed by atoms with van der Waals surface area (Å²) in [6.45, 7) is 2.09. The molecule has 1 heterocycles. The van der Waals surface area contributed by atoms with Crippen LogP contribution in [0.4, 0.5) is 13.2 Å². The Hall–Kier alpha value is -1.80. The van der Waals surface area contributed by atoms with Crippen LogP contribution in [-0.2, 0) is 16.1 Å². The van der Waals surface area contributed by atoms with Crippen molar-refractivity contribution in [1.82, 2.24) is 9.80 Å². The van der Waals surface area contributed by atoms with Gasteiger partial charge in [-0.05, 0) is 24.1 Å². The molecule has 0 radical (unpaired) electrons. The van der Waals surface area contributed by atoms with E-state index in [1.807, 2.05) is 24.3 Å². The summed E-state index contributed by atoms with van der Waals surface area (Å²) in [6.07, 6.45) is -3.53. The molecule has 0 spiro atoms. The molecular formula is C18H25F3N2O3. The van der Waals surface area contributed by atoms with Gasteiger partial charge in [0.15, 0.2) is 0 Å². The number of alkyl halides is 3. The van der Waals surface area contributed by atoms with Crippen LogP contribution >= 0.6 is 0 Å². The molecule has 0 unspecified atom stereocenters. The van der Waals surface area contributed by atoms with Gasteiger partial charge in [0.2, 0.25) is 5.91 Å². The zero-order valence-corrected chi connectivity index (χ0v) is 14.9. The summed E-state index contributed by atoms with van der Waals surface area (Å²) in [5, 5.41) is 0. The van der Waals surface area contributed by atoms with E-state index in [-0.39, 0.29) is 18.9 Å². The number of benzene rings is 1. The Morgan fingerprint density at radius 3 is 2.50 bits per heavy atom. The number of hydrogen-bond acceptors (Lipinski definition) is 4. The molecule has 1 fully saturated rings. The molecule has 1 saturated heterocycles. The fourth-order valence-corrected chi connectivity index (χ4v) is 2.87. The van der Waals surface area contributed by atoms with E-state index in [9.17, 15) is 18.0 Å². The molecule has 0 aromatic heterocycles. The Kier molecular flexibility index (Phi) is 7.71. The molecule has 8 heteroatoms. The predicted molar refractivity (Wildman–Crippen MR) is 91.0 cm³/mol. The highest BCUT2D eigenvalue weighted by atomic mass is 19.4. The normalized spacial score (nSPS) is 16.4. The maximum absolute atomic E-state index is 12.1. The third kappa shape index (κ3) is 7.21. The van der Waals surface area contributed by atoms with Gasteiger partial charge in [-0.3, -0.25) is 9.69 Å². The molecule has 1 aliphatic rings. The SMILES string of the molecule is COc1ccc(CN2CCCN(C(=O)CCOCC(F)(F)F)CC2)cc1. The van der Waals surface area contributed by atoms with E-state index in [0.29, 0.717) is 13.1 Å². The molecule has 1 aromatic rings. The summed E-state index contributed by atoms with van der Waals surface area (Å²) in [5.41, 5.74) is 1.17. The molecule has 146 valence electrons. The highest BCUT2D eigenvalue weighted by Gasteiger charge is 2.27. The predicted octanol–water partition coefficient (Wildman–Crippen LogP) is 2.70. The van der Waals surface area contributed by atoms with Crippen molar-refractivity contribution in [3.63, 3.8) is 0 Å². The van der Waals surface area contributed by atoms with Crippen LogP contribution < -0.4 is 4.74 Å². The lowest BCUT2D eigenvalue weighted by Crippen LogP contribution is -2.35. The van der Waals surface area contributed by atoms with E-state index < -0.39 is 12.8 Å². The number of ether oxygens (including phenoxy) is 2. The van der Waals surface area contributed by atoms with Crippen molar-refractivity contribution >= 4 is 5.91 Å². The van der Waals surface area contributed by atoms with Gasteiger partial charge in [0.1, 0.15) is 12.4 Å². The molecule has 0 saturated carbocycles. The fourth-order valence-electron chi connectivity index (χ4n) is 2.87. The maximum Gasteiger partial charge on any atom is 0.411 e. The number of carbonyl (C=O) groups is 1. The summed E-state index contributed by atoms with van der Waals surface area (Å²) >= 11 is 0. The third-order valence-corrected chi connectivity index (χ3v) is 4.23. The molecular weight excluding hydrogens is 349 g/mol. The lowest BCUT2D eigenvalue weighted by molar-refractivity contribution is -0.175. The average Bonchev–Trinajstić information content (AvgIpc) is 2.84. The Labute approximate surface area is 151 Å². The van der Waals surface area contributed by atoms with Crippen LogP contribution in [0.15, 0.2) is 24.3 Å². The monoisotopic (exact) mass is 374 g/mol. The van der Waals surface area contributed by atoms with Gasteiger partial charge in [0.05, 0.1) is 20.1 Å². The molecule has 1 aromatic carbocycles. The number of nitrogens with zero attached hydrogens (tertiary/aromatic N) is 2. The van der Waals surface area contributed by atoms with Crippen LogP contribution in [0.2, 0.25) is 0 Å². The van der Waals surface area contributed by atoms with E-state index >= 15 is 0 Å². The van der Waals surface area contributed by atoms with Crippen molar-refractivity contribution in [3.05, 3.63) is 29.8 Å². The minimum absolute atomic E-state index is 0.0193. The van der Waals surface area contributed by atoms with Crippen LogP contribution in [0, 0.1) is 0 Å². The van der Waals surface area contributed by atoms with Crippen molar-refractivity contribution in [3.8, 4) is 5.75 Å². The highest BCUT2D eigenvalue weighted by molar-refractivity contribution is 5.76. The highest BCUT2D eigenvalue weighted by Crippen LogP contribution is 2.16. The zero-order chi connectivity index (χ0) is 19.0. The number of rotatable bonds is 7. The van der Waals surface area contributed by atoms with Crippen molar-refractivity contribution in [1.29, 1.82) is 0 Å². The number of halogens is 3. The maximum atomic E-state index is 12.1. The van der Waals surface area contributed by atoms with Crippen molar-refractivity contribution in [2.45, 2.75) is 25.6 Å². The number of carbonyl (C=O) groups excluding carboxylic acids is 1. The van der Waals surface area contributed by atoms with Gasteiger partial charge in [-0.2, -0.15) is 13.2 Å². The smallest absolute Gasteiger partial charge is 0.411 e. The first-order chi connectivity index (χ1) is 12.4. The summed E-state index contributed by atoms with van der Waals surface area (Å²) in [7, 11) is 1.63. The van der Waals surface area contributed by atoms with E-state index in [1.165, 1.54) is 5.56 Å². The molecule has 1 amide bonds. The second-order valence-electron chi connectivity index (χ2n) is 6.28. The second-order valence-corrected chi connectivity index (χ2v) is 6.28. The van der Waals surface area contributed by atoms with Crippen molar-refractivity contribution in [2.24, 2.45) is 0 Å². The van der Waals surface area contributed by atoms with E-state index in [2.05, 4.69) is 9.64 Å². The Morgan fingerprint density at radius 2 is 1.85 bits per heavy atom. The van der Waals surface area contributed by atoms with Crippen LogP contribution in [0.3, 0.4) is 0 Å². The van der Waals surface area contributed by atoms with Crippen LogP contribution in [0.25, 0.3) is 0 Å². The van der Waals surface area contributed by atoms with Gasteiger partial charge >= 0.3 is 6.18 Å². The first-order valence-electron chi connectivity index (χ1n) is 8.65. The minimum atomic E-state index is -4.35. The minimum Gasteiger partial charge on any atom is -0.497 e. The van der Waals surface area contributed by atoms with E-state index in [4.69, 9.17) is 4.74 Å². The molecule has 1 aliphatic heterocycles. The standard InChI is InChI=1S/C18H25F3N2O3/c1-25-16-5-3-15(4-6-16)13-22-8-2-9-23(11-10-22)17(24)7-12-26-14-18(19,20)21/h3-6H,2,7-14H2,1H3. The molecule has 0 N–H and O–H groups in total. The van der Waals surface area contributed by atoms with Gasteiger partial charge < -0.3 is 14.4 Å². The summed E-state index contributed by atoms with van der Waals surface area (Å²) in [6, 6.07) is 7.88. The van der Waals surface area contributed by atoms with Crippen molar-refractivity contribution < 1.29 is 27.4 Å². The van der Waals surface area contributed by atoms with Gasteiger partial charge in [0, 0.05) is 32.7 Å². The number of amides is 1. The average molecular weight is 374 g/mol. The lowest BCUT2D eigenvalue weighted by atomic mass is 10.2. The molecule has 2 rings (SSSR count). The topological polar surface area (TPSA) is 42.0 Å². The Balaban J connectivity index is 1.73. The molecule has 0 atom stereocenters. The van der Waals surface area contributed by atoms with E-state index in [0.717, 1.165) is 31.8 Å². The van der Waals surface area contributed by atoms with E-state index in [1.54, 1.807) is 12.0 Å². The quantitative estimate of drug-likeness (QED) is 0.689. The second kappa shape index (κ2) is 9.78. The van der Waals surface area contributed by atoms with Gasteiger partial charge in [-0.1, -0.05) is 12.1 Å². The first-order valence-corrected chi connectivity index (χ1v) is 8.65. The van der Waals surface area contributed by atoms with Gasteiger partial charge in [0.25, 0.3) is 0 Å². The summed E-state index contributed by atoms with van der Waals surface area (Å²) < 4.78 is 45.7. The first kappa shape index (κ1) is 20.5. The van der Waals surface area contributed by atoms with Crippen LogP contribution in [0.1, 0.15) is 18.4 Å². The summed E-state index contributed by atoms with van der Waals surface area (Å²) in [5.74, 6) is 0.660. The largest absolute Gasteiger partial charge is 0.497 e. The fraction of sp³-hybridized carbons (Fsp3) is 0.611. The van der Waals surface area contributed by atoms with Gasteiger partial charge in [-0.15, -0.1) is 0 Å². The van der Waals surface area contributed by atoms with Crippen LogP contribution in [-0.4, -0.2) is 68.4 Å². The lowest BCUT2D eigenvalue weighted by Gasteiger charge is -2.22. The van der Waals surface area contributed by atoms with Gasteiger partial charge in [-0.25, -0.2) is 0 Å². The molecule has 0 bridgehead atoms. The molecule has 26 heavy (non-hydrogen) atoms. The Bertz CT molecular complexity index is 564. The Morgan fingerprint density at radius 1 is 1.12 bits per heavy atom. The number of methoxy groups -OCH3 is 1. The van der Waals surface area contributed by atoms with Crippen LogP contribution in [0.5, 0.6) is 5.75 Å². The van der Waals surface area contributed by atoms with Crippen molar-refractivity contribution in [2.75, 3.05) is 46.5 Å². The molecule has 0 aliphatic carbocycles. The number of hydrogen-bond donors (Lipinski definition) is 0. The zero-order valence-electron chi connectivity index (χ0n) is 14.9. The molecule has 5 nitrogen and oxygen atoms in total.